The molecule has 0 amide bonds. The van der Waals surface area contributed by atoms with Crippen molar-refractivity contribution in [2.45, 2.75) is 0 Å². The Morgan fingerprint density at radius 1 is 0.270 bits per heavy atom. The second-order valence-electron chi connectivity index (χ2n) is 10.1. The van der Waals surface area contributed by atoms with Gasteiger partial charge < -0.3 is 4.42 Å². The summed E-state index contributed by atoms with van der Waals surface area (Å²) in [5, 5.41) is 17.6. The first-order valence-corrected chi connectivity index (χ1v) is 12.8. The van der Waals surface area contributed by atoms with Crippen molar-refractivity contribution < 1.29 is 4.42 Å². The van der Waals surface area contributed by atoms with Crippen LogP contribution < -0.4 is 0 Å². The minimum atomic E-state index is 0.938. The van der Waals surface area contributed by atoms with E-state index in [1.807, 2.05) is 0 Å². The molecular weight excluding hydrogens is 448 g/mol. The highest BCUT2D eigenvalue weighted by Gasteiger charge is 2.18. The number of hydrogen-bond donors (Lipinski definition) is 0. The standard InChI is InChI=1S/C36H20O/c1-3-7-27-21(5-1)9-11-23-13-15-25-17-19-29-35(33(25)31(23)27)36-30(37-29)20-18-26-16-14-24-12-10-22-6-2-4-8-28(22)32(24)34(26)36/h1-20H. The maximum Gasteiger partial charge on any atom is 0.136 e. The molecule has 1 nitrogen and oxygen atoms in total. The third kappa shape index (κ3) is 2.48. The zero-order chi connectivity index (χ0) is 24.1. The van der Waals surface area contributed by atoms with Gasteiger partial charge >= 0.3 is 0 Å². The summed E-state index contributed by atoms with van der Waals surface area (Å²) in [5.74, 6) is 0. The average molecular weight is 469 g/mol. The van der Waals surface area contributed by atoms with Crippen LogP contribution in [0.2, 0.25) is 0 Å². The summed E-state index contributed by atoms with van der Waals surface area (Å²) >= 11 is 0. The van der Waals surface area contributed by atoms with E-state index in [-0.39, 0.29) is 0 Å². The van der Waals surface area contributed by atoms with Gasteiger partial charge in [-0.2, -0.15) is 0 Å². The summed E-state index contributed by atoms with van der Waals surface area (Å²) in [4.78, 5) is 0. The van der Waals surface area contributed by atoms with Crippen LogP contribution in [0.5, 0.6) is 0 Å². The van der Waals surface area contributed by atoms with Crippen molar-refractivity contribution in [3.63, 3.8) is 0 Å². The smallest absolute Gasteiger partial charge is 0.136 e. The maximum absolute atomic E-state index is 6.59. The van der Waals surface area contributed by atoms with E-state index in [0.29, 0.717) is 0 Å². The van der Waals surface area contributed by atoms with E-state index >= 15 is 0 Å². The molecule has 0 radical (unpaired) electrons. The Morgan fingerprint density at radius 3 is 1.08 bits per heavy atom. The number of hydrogen-bond acceptors (Lipinski definition) is 1. The summed E-state index contributed by atoms with van der Waals surface area (Å²) < 4.78 is 6.59. The molecule has 0 unspecified atom stereocenters. The second kappa shape index (κ2) is 6.87. The zero-order valence-corrected chi connectivity index (χ0v) is 20.0. The van der Waals surface area contributed by atoms with E-state index in [1.165, 1.54) is 75.4 Å². The molecule has 0 aliphatic carbocycles. The third-order valence-corrected chi connectivity index (χ3v) is 8.18. The minimum absolute atomic E-state index is 0.938. The summed E-state index contributed by atoms with van der Waals surface area (Å²) in [7, 11) is 0. The van der Waals surface area contributed by atoms with Gasteiger partial charge in [0.25, 0.3) is 0 Å². The SMILES string of the molecule is c1ccc2c(c1)ccc1ccc3ccc4oc5ccc6ccc7ccc8ccccc8c7c6c5c4c3c12. The Bertz CT molecular complexity index is 2230. The molecule has 0 saturated carbocycles. The molecule has 0 N–H and O–H groups in total. The van der Waals surface area contributed by atoms with E-state index in [2.05, 4.69) is 121 Å². The molecule has 37 heavy (non-hydrogen) atoms. The molecule has 0 saturated heterocycles. The van der Waals surface area contributed by atoms with Crippen LogP contribution in [0.4, 0.5) is 0 Å². The van der Waals surface area contributed by atoms with Gasteiger partial charge in [0.05, 0.1) is 0 Å². The highest BCUT2D eigenvalue weighted by Crippen LogP contribution is 2.45. The van der Waals surface area contributed by atoms with E-state index in [9.17, 15) is 0 Å². The molecule has 0 aliphatic heterocycles. The fourth-order valence-electron chi connectivity index (χ4n) is 6.57. The van der Waals surface area contributed by atoms with E-state index in [0.717, 1.165) is 11.2 Å². The molecule has 0 bridgehead atoms. The highest BCUT2D eigenvalue weighted by atomic mass is 16.3. The van der Waals surface area contributed by atoms with Crippen LogP contribution in [0.15, 0.2) is 126 Å². The van der Waals surface area contributed by atoms with Crippen molar-refractivity contribution in [2.24, 2.45) is 0 Å². The quantitative estimate of drug-likeness (QED) is 0.202. The van der Waals surface area contributed by atoms with Gasteiger partial charge in [-0.1, -0.05) is 109 Å². The zero-order valence-electron chi connectivity index (χ0n) is 20.0. The lowest BCUT2D eigenvalue weighted by atomic mass is 9.90. The minimum Gasteiger partial charge on any atom is -0.456 e. The normalized spacial score (nSPS) is 12.3. The Balaban J connectivity index is 1.65. The Morgan fingerprint density at radius 2 is 0.622 bits per heavy atom. The molecule has 0 spiro atoms. The largest absolute Gasteiger partial charge is 0.456 e. The number of fused-ring (bicyclic) bond motifs is 15. The van der Waals surface area contributed by atoms with Gasteiger partial charge in [-0.15, -0.1) is 0 Å². The molecule has 1 heteroatoms. The number of furan rings is 1. The summed E-state index contributed by atoms with van der Waals surface area (Å²) in [6.45, 7) is 0. The predicted molar refractivity (Wildman–Crippen MR) is 159 cm³/mol. The molecule has 8 aromatic carbocycles. The molecule has 9 rings (SSSR count). The Hall–Kier alpha value is -4.88. The van der Waals surface area contributed by atoms with E-state index in [1.54, 1.807) is 0 Å². The van der Waals surface area contributed by atoms with Crippen LogP contribution in [0.3, 0.4) is 0 Å². The number of rotatable bonds is 0. The molecule has 0 aliphatic rings. The highest BCUT2D eigenvalue weighted by molar-refractivity contribution is 6.38. The van der Waals surface area contributed by atoms with E-state index < -0.39 is 0 Å². The van der Waals surface area contributed by atoms with Gasteiger partial charge in [0.2, 0.25) is 0 Å². The van der Waals surface area contributed by atoms with Crippen molar-refractivity contribution in [3.8, 4) is 0 Å². The predicted octanol–water partition coefficient (Wildman–Crippen LogP) is 10.5. The monoisotopic (exact) mass is 468 g/mol. The van der Waals surface area contributed by atoms with Crippen molar-refractivity contribution in [1.82, 2.24) is 0 Å². The second-order valence-corrected chi connectivity index (χ2v) is 10.1. The molecule has 170 valence electrons. The van der Waals surface area contributed by atoms with Gasteiger partial charge in [-0.3, -0.25) is 0 Å². The first-order valence-electron chi connectivity index (χ1n) is 12.8. The topological polar surface area (TPSA) is 13.1 Å². The fourth-order valence-corrected chi connectivity index (χ4v) is 6.57. The first kappa shape index (κ1) is 19.3. The van der Waals surface area contributed by atoms with Crippen molar-refractivity contribution in [1.29, 1.82) is 0 Å². The molecule has 1 aromatic heterocycles. The first-order chi connectivity index (χ1) is 18.3. The van der Waals surface area contributed by atoms with Crippen molar-refractivity contribution in [3.05, 3.63) is 121 Å². The fraction of sp³-hybridized carbons (Fsp3) is 0. The molecule has 1 heterocycles. The van der Waals surface area contributed by atoms with Crippen LogP contribution in [0, 0.1) is 0 Å². The Labute approximate surface area is 212 Å². The summed E-state index contributed by atoms with van der Waals surface area (Å²) in [5.41, 5.74) is 1.88. The van der Waals surface area contributed by atoms with Crippen LogP contribution in [-0.4, -0.2) is 0 Å². The van der Waals surface area contributed by atoms with Gasteiger partial charge in [0, 0.05) is 21.5 Å². The van der Waals surface area contributed by atoms with Crippen LogP contribution in [0.1, 0.15) is 0 Å². The molecular formula is C36H20O. The maximum atomic E-state index is 6.59. The lowest BCUT2D eigenvalue weighted by molar-refractivity contribution is 0.669. The number of benzene rings is 8. The summed E-state index contributed by atoms with van der Waals surface area (Å²) in [6, 6.07) is 44.1. The van der Waals surface area contributed by atoms with Gasteiger partial charge in [-0.25, -0.2) is 0 Å². The third-order valence-electron chi connectivity index (χ3n) is 8.18. The average Bonchev–Trinajstić information content (AvgIpc) is 3.35. The van der Waals surface area contributed by atoms with E-state index in [4.69, 9.17) is 4.42 Å². The van der Waals surface area contributed by atoms with Crippen LogP contribution in [-0.2, 0) is 0 Å². The van der Waals surface area contributed by atoms with Gasteiger partial charge in [-0.05, 0) is 66.0 Å². The molecule has 9 aromatic rings. The van der Waals surface area contributed by atoms with Gasteiger partial charge in [0.1, 0.15) is 11.2 Å². The van der Waals surface area contributed by atoms with Crippen LogP contribution in [0.25, 0.3) is 86.6 Å². The van der Waals surface area contributed by atoms with Crippen molar-refractivity contribution in [2.75, 3.05) is 0 Å². The van der Waals surface area contributed by atoms with Gasteiger partial charge in [0.15, 0.2) is 0 Å². The Kier molecular flexibility index (Phi) is 3.59. The lowest BCUT2D eigenvalue weighted by Gasteiger charge is -2.11. The van der Waals surface area contributed by atoms with Crippen LogP contribution >= 0.6 is 0 Å². The molecule has 0 fully saturated rings. The summed E-state index contributed by atoms with van der Waals surface area (Å²) in [6.07, 6.45) is 0. The lowest BCUT2D eigenvalue weighted by Crippen LogP contribution is -1.84. The van der Waals surface area contributed by atoms with Crippen molar-refractivity contribution >= 4 is 86.6 Å². The molecule has 0 atom stereocenters.